The molecule has 2 heterocycles. The Kier molecular flexibility index (Phi) is 4.04. The maximum absolute atomic E-state index is 3.75. The van der Waals surface area contributed by atoms with Gasteiger partial charge in [-0.05, 0) is 35.9 Å². The SMILES string of the molecule is C=C/C=C(\SC)c1ccc(-c2cccs2)s1. The molecule has 0 aliphatic carbocycles. The lowest BCUT2D eigenvalue weighted by Crippen LogP contribution is -1.69. The molecule has 0 unspecified atom stereocenters. The maximum atomic E-state index is 3.75. The maximum Gasteiger partial charge on any atom is 0.0449 e. The number of hydrogen-bond acceptors (Lipinski definition) is 3. The molecule has 0 saturated heterocycles. The van der Waals surface area contributed by atoms with Crippen LogP contribution in [0.4, 0.5) is 0 Å². The van der Waals surface area contributed by atoms with Gasteiger partial charge < -0.3 is 0 Å². The van der Waals surface area contributed by atoms with Crippen molar-refractivity contribution in [2.75, 3.05) is 6.26 Å². The first-order chi connectivity index (χ1) is 7.85. The Morgan fingerprint density at radius 1 is 1.31 bits per heavy atom. The normalized spacial score (nSPS) is 11.7. The molecular formula is C13H12S3. The Bertz CT molecular complexity index is 489. The summed E-state index contributed by atoms with van der Waals surface area (Å²) in [4.78, 5) is 5.28. The van der Waals surface area contributed by atoms with Gasteiger partial charge in [-0.15, -0.1) is 34.4 Å². The van der Waals surface area contributed by atoms with Gasteiger partial charge in [-0.3, -0.25) is 0 Å². The molecule has 3 heteroatoms. The van der Waals surface area contributed by atoms with E-state index in [0.717, 1.165) is 0 Å². The molecule has 0 aromatic carbocycles. The second-order valence-corrected chi connectivity index (χ2v) is 5.99. The van der Waals surface area contributed by atoms with E-state index in [1.165, 1.54) is 19.5 Å². The molecule has 0 saturated carbocycles. The van der Waals surface area contributed by atoms with Crippen molar-refractivity contribution in [2.45, 2.75) is 0 Å². The topological polar surface area (TPSA) is 0 Å². The molecule has 0 radical (unpaired) electrons. The molecule has 82 valence electrons. The van der Waals surface area contributed by atoms with Crippen molar-refractivity contribution >= 4 is 39.3 Å². The summed E-state index contributed by atoms with van der Waals surface area (Å²) in [5, 5.41) is 2.11. The van der Waals surface area contributed by atoms with E-state index in [9.17, 15) is 0 Å². The monoisotopic (exact) mass is 264 g/mol. The summed E-state index contributed by atoms with van der Waals surface area (Å²) in [5.74, 6) is 0. The van der Waals surface area contributed by atoms with Crippen LogP contribution in [0.3, 0.4) is 0 Å². The fraction of sp³-hybridized carbons (Fsp3) is 0.0769. The van der Waals surface area contributed by atoms with E-state index in [1.807, 2.05) is 17.4 Å². The van der Waals surface area contributed by atoms with Crippen LogP contribution in [0.1, 0.15) is 4.88 Å². The van der Waals surface area contributed by atoms with E-state index in [-0.39, 0.29) is 0 Å². The number of thiophene rings is 2. The molecular weight excluding hydrogens is 252 g/mol. The zero-order chi connectivity index (χ0) is 11.4. The van der Waals surface area contributed by atoms with Crippen LogP contribution in [0.25, 0.3) is 14.7 Å². The van der Waals surface area contributed by atoms with E-state index < -0.39 is 0 Å². The minimum Gasteiger partial charge on any atom is -0.143 e. The molecule has 0 N–H and O–H groups in total. The van der Waals surface area contributed by atoms with Gasteiger partial charge in [-0.2, -0.15) is 0 Å². The van der Waals surface area contributed by atoms with Crippen molar-refractivity contribution in [3.8, 4) is 9.75 Å². The third-order valence-electron chi connectivity index (χ3n) is 2.10. The minimum atomic E-state index is 1.28. The van der Waals surface area contributed by atoms with Crippen molar-refractivity contribution in [1.82, 2.24) is 0 Å². The van der Waals surface area contributed by atoms with Crippen LogP contribution in [0.15, 0.2) is 48.4 Å². The Morgan fingerprint density at radius 3 is 2.81 bits per heavy atom. The molecule has 0 aliphatic rings. The third-order valence-corrected chi connectivity index (χ3v) is 5.21. The number of allylic oxidation sites excluding steroid dienone is 2. The van der Waals surface area contributed by atoms with Crippen molar-refractivity contribution in [3.63, 3.8) is 0 Å². The average molecular weight is 264 g/mol. The van der Waals surface area contributed by atoms with Gasteiger partial charge in [-0.1, -0.05) is 18.7 Å². The van der Waals surface area contributed by atoms with Crippen molar-refractivity contribution in [3.05, 3.63) is 53.3 Å². The first kappa shape index (κ1) is 11.7. The lowest BCUT2D eigenvalue weighted by molar-refractivity contribution is 1.90. The predicted octanol–water partition coefficient (Wildman–Crippen LogP) is 5.37. The number of hydrogen-bond donors (Lipinski definition) is 0. The van der Waals surface area contributed by atoms with E-state index >= 15 is 0 Å². The molecule has 16 heavy (non-hydrogen) atoms. The molecule has 0 aliphatic heterocycles. The molecule has 2 aromatic rings. The highest BCUT2D eigenvalue weighted by atomic mass is 32.2. The summed E-state index contributed by atoms with van der Waals surface area (Å²) in [5.41, 5.74) is 0. The standard InChI is InChI=1S/C13H12S3/c1-3-5-10(14-2)12-7-8-13(16-12)11-6-4-9-15-11/h3-9H,1H2,2H3/b10-5-. The van der Waals surface area contributed by atoms with Crippen LogP contribution in [0.2, 0.25) is 0 Å². The highest BCUT2D eigenvalue weighted by Crippen LogP contribution is 2.37. The fourth-order valence-electron chi connectivity index (χ4n) is 1.38. The molecule has 0 nitrogen and oxygen atoms in total. The molecule has 0 spiro atoms. The molecule has 0 atom stereocenters. The lowest BCUT2D eigenvalue weighted by atomic mass is 10.3. The highest BCUT2D eigenvalue weighted by Gasteiger charge is 2.06. The van der Waals surface area contributed by atoms with Gasteiger partial charge in [0.2, 0.25) is 0 Å². The Balaban J connectivity index is 2.32. The third kappa shape index (κ3) is 2.48. The Labute approximate surface area is 108 Å². The smallest absolute Gasteiger partial charge is 0.0449 e. The van der Waals surface area contributed by atoms with E-state index in [2.05, 4.69) is 48.6 Å². The molecule has 0 amide bonds. The Morgan fingerprint density at radius 2 is 2.19 bits per heavy atom. The largest absolute Gasteiger partial charge is 0.143 e. The molecule has 0 fully saturated rings. The van der Waals surface area contributed by atoms with Crippen molar-refractivity contribution in [1.29, 1.82) is 0 Å². The quantitative estimate of drug-likeness (QED) is 0.669. The van der Waals surface area contributed by atoms with Crippen LogP contribution in [-0.4, -0.2) is 6.26 Å². The lowest BCUT2D eigenvalue weighted by Gasteiger charge is -1.97. The highest BCUT2D eigenvalue weighted by molar-refractivity contribution is 8.07. The fourth-order valence-corrected chi connectivity index (χ4v) is 4.02. The summed E-state index contributed by atoms with van der Waals surface area (Å²) in [6, 6.07) is 8.63. The van der Waals surface area contributed by atoms with Gasteiger partial charge in [-0.25, -0.2) is 0 Å². The second kappa shape index (κ2) is 5.53. The first-order valence-corrected chi connectivity index (χ1v) is 7.78. The predicted molar refractivity (Wildman–Crippen MR) is 79.3 cm³/mol. The molecule has 0 bridgehead atoms. The van der Waals surface area contributed by atoms with Crippen LogP contribution in [-0.2, 0) is 0 Å². The van der Waals surface area contributed by atoms with Crippen LogP contribution in [0.5, 0.6) is 0 Å². The van der Waals surface area contributed by atoms with Gasteiger partial charge in [0.15, 0.2) is 0 Å². The van der Waals surface area contributed by atoms with Crippen molar-refractivity contribution in [2.24, 2.45) is 0 Å². The summed E-state index contributed by atoms with van der Waals surface area (Å²) in [7, 11) is 0. The molecule has 2 rings (SSSR count). The summed E-state index contributed by atoms with van der Waals surface area (Å²) >= 11 is 5.38. The van der Waals surface area contributed by atoms with Gasteiger partial charge in [0.25, 0.3) is 0 Å². The van der Waals surface area contributed by atoms with Gasteiger partial charge in [0, 0.05) is 19.5 Å². The summed E-state index contributed by atoms with van der Waals surface area (Å²) in [6.07, 6.45) is 6.00. The van der Waals surface area contributed by atoms with Crippen LogP contribution < -0.4 is 0 Å². The summed E-state index contributed by atoms with van der Waals surface area (Å²) < 4.78 is 0. The zero-order valence-electron chi connectivity index (χ0n) is 8.97. The van der Waals surface area contributed by atoms with Crippen LogP contribution in [0, 0.1) is 0 Å². The minimum absolute atomic E-state index is 1.28. The number of rotatable bonds is 4. The van der Waals surface area contributed by atoms with E-state index in [4.69, 9.17) is 0 Å². The van der Waals surface area contributed by atoms with Crippen molar-refractivity contribution < 1.29 is 0 Å². The van der Waals surface area contributed by atoms with E-state index in [0.29, 0.717) is 0 Å². The van der Waals surface area contributed by atoms with Crippen LogP contribution >= 0.6 is 34.4 Å². The Hall–Kier alpha value is -0.770. The first-order valence-electron chi connectivity index (χ1n) is 4.86. The zero-order valence-corrected chi connectivity index (χ0v) is 11.4. The average Bonchev–Trinajstić information content (AvgIpc) is 2.95. The second-order valence-electron chi connectivity index (χ2n) is 3.11. The van der Waals surface area contributed by atoms with E-state index in [1.54, 1.807) is 23.1 Å². The van der Waals surface area contributed by atoms with Gasteiger partial charge in [0.05, 0.1) is 0 Å². The molecule has 2 aromatic heterocycles. The van der Waals surface area contributed by atoms with Gasteiger partial charge in [0.1, 0.15) is 0 Å². The number of thioether (sulfide) groups is 1. The van der Waals surface area contributed by atoms with Gasteiger partial charge >= 0.3 is 0 Å². The summed E-state index contributed by atoms with van der Waals surface area (Å²) in [6.45, 7) is 3.75.